The molecule has 114 valence electrons. The number of nitrogens with one attached hydrogen (secondary N) is 1. The Bertz CT molecular complexity index is 586. The highest BCUT2D eigenvalue weighted by atomic mass is 35.5. The summed E-state index contributed by atoms with van der Waals surface area (Å²) in [6.07, 6.45) is -0.242. The molecule has 3 nitrogen and oxygen atoms in total. The van der Waals surface area contributed by atoms with Gasteiger partial charge in [-0.15, -0.1) is 0 Å². The minimum absolute atomic E-state index is 0.0127. The van der Waals surface area contributed by atoms with E-state index in [2.05, 4.69) is 17.2 Å². The summed E-state index contributed by atoms with van der Waals surface area (Å²) < 4.78 is 31.5. The maximum absolute atomic E-state index is 13.5. The third-order valence-corrected chi connectivity index (χ3v) is 2.52. The molecule has 0 bridgehead atoms. The molecule has 0 atom stereocenters. The van der Waals surface area contributed by atoms with Gasteiger partial charge in [-0.25, -0.2) is 13.6 Å². The van der Waals surface area contributed by atoms with E-state index in [4.69, 9.17) is 16.3 Å². The Morgan fingerprint density at radius 2 is 2.05 bits per heavy atom. The molecule has 1 N–H and O–H groups in total. The van der Waals surface area contributed by atoms with Crippen LogP contribution in [0.2, 0.25) is 5.02 Å². The summed E-state index contributed by atoms with van der Waals surface area (Å²) in [7, 11) is 0. The molecule has 0 aliphatic heterocycles. The molecule has 0 saturated heterocycles. The van der Waals surface area contributed by atoms with Gasteiger partial charge in [-0.3, -0.25) is 0 Å². The fourth-order valence-corrected chi connectivity index (χ4v) is 1.49. The largest absolute Gasteiger partial charge is 0.444 e. The molecule has 1 rings (SSSR count). The Morgan fingerprint density at radius 3 is 2.67 bits per heavy atom. The first kappa shape index (κ1) is 17.3. The quantitative estimate of drug-likeness (QED) is 0.511. The van der Waals surface area contributed by atoms with Crippen molar-refractivity contribution in [2.45, 2.75) is 32.8 Å². The summed E-state index contributed by atoms with van der Waals surface area (Å²) in [6.45, 7) is 5.53. The molecule has 0 spiro atoms. The van der Waals surface area contributed by atoms with E-state index >= 15 is 0 Å². The van der Waals surface area contributed by atoms with Crippen LogP contribution < -0.4 is 5.32 Å². The van der Waals surface area contributed by atoms with Crippen LogP contribution in [0.4, 0.5) is 13.6 Å². The third-order valence-electron chi connectivity index (χ3n) is 2.18. The van der Waals surface area contributed by atoms with Gasteiger partial charge in [0.05, 0.1) is 5.56 Å². The first-order valence-corrected chi connectivity index (χ1v) is 6.68. The Labute approximate surface area is 127 Å². The minimum atomic E-state index is -0.885. The van der Waals surface area contributed by atoms with E-state index in [1.165, 1.54) is 6.07 Å². The highest BCUT2D eigenvalue weighted by Gasteiger charge is 2.15. The molecule has 0 saturated carbocycles. The van der Waals surface area contributed by atoms with Crippen LogP contribution in [0.15, 0.2) is 12.1 Å². The number of halogens is 3. The number of carbonyl (C=O) groups excluding carboxylic acids is 1. The molecule has 1 amide bonds. The van der Waals surface area contributed by atoms with Crippen LogP contribution in [0.1, 0.15) is 32.8 Å². The molecule has 0 unspecified atom stereocenters. The van der Waals surface area contributed by atoms with Crippen LogP contribution in [-0.2, 0) is 4.74 Å². The monoisotopic (exact) mass is 315 g/mol. The average Bonchev–Trinajstić information content (AvgIpc) is 2.36. The first-order valence-electron chi connectivity index (χ1n) is 6.30. The van der Waals surface area contributed by atoms with E-state index in [0.29, 0.717) is 6.42 Å². The molecule has 0 aliphatic rings. The molecule has 0 aliphatic carbocycles. The Hall–Kier alpha value is -1.80. The summed E-state index contributed by atoms with van der Waals surface area (Å²) >= 11 is 5.43. The summed E-state index contributed by atoms with van der Waals surface area (Å²) in [6, 6.07) is 2.26. The molecule has 0 aromatic heterocycles. The van der Waals surface area contributed by atoms with Gasteiger partial charge in [0, 0.05) is 13.0 Å². The fourth-order valence-electron chi connectivity index (χ4n) is 1.32. The van der Waals surface area contributed by atoms with E-state index < -0.39 is 28.4 Å². The highest BCUT2D eigenvalue weighted by molar-refractivity contribution is 6.31. The van der Waals surface area contributed by atoms with E-state index in [9.17, 15) is 13.6 Å². The third kappa shape index (κ3) is 6.01. The molecule has 6 heteroatoms. The van der Waals surface area contributed by atoms with Crippen molar-refractivity contribution in [2.75, 3.05) is 6.54 Å². The molecule has 0 fully saturated rings. The normalized spacial score (nSPS) is 10.6. The first-order chi connectivity index (χ1) is 9.70. The molecule has 0 heterocycles. The highest BCUT2D eigenvalue weighted by Crippen LogP contribution is 2.21. The smallest absolute Gasteiger partial charge is 0.407 e. The second kappa shape index (κ2) is 7.28. The van der Waals surface area contributed by atoms with E-state index in [1.807, 2.05) is 0 Å². The predicted octanol–water partition coefficient (Wildman–Crippen LogP) is 3.88. The van der Waals surface area contributed by atoms with Crippen LogP contribution >= 0.6 is 11.6 Å². The van der Waals surface area contributed by atoms with Crippen LogP contribution in [0.5, 0.6) is 0 Å². The van der Waals surface area contributed by atoms with Crippen molar-refractivity contribution in [1.82, 2.24) is 5.32 Å². The van der Waals surface area contributed by atoms with E-state index in [0.717, 1.165) is 6.07 Å². The van der Waals surface area contributed by atoms with Crippen LogP contribution in [0, 0.1) is 23.5 Å². The topological polar surface area (TPSA) is 38.3 Å². The summed E-state index contributed by atoms with van der Waals surface area (Å²) in [5.74, 6) is 3.49. The summed E-state index contributed by atoms with van der Waals surface area (Å²) in [5.41, 5.74) is -0.553. The second-order valence-corrected chi connectivity index (χ2v) is 5.58. The zero-order chi connectivity index (χ0) is 16.0. The molecular formula is C15H16ClF2NO2. The van der Waals surface area contributed by atoms with Gasteiger partial charge in [-0.2, -0.15) is 0 Å². The lowest BCUT2D eigenvalue weighted by atomic mass is 10.2. The van der Waals surface area contributed by atoms with Crippen molar-refractivity contribution in [3.63, 3.8) is 0 Å². The summed E-state index contributed by atoms with van der Waals surface area (Å²) in [4.78, 5) is 11.3. The maximum Gasteiger partial charge on any atom is 0.407 e. The second-order valence-electron chi connectivity index (χ2n) is 5.20. The van der Waals surface area contributed by atoms with Crippen LogP contribution in [0.25, 0.3) is 0 Å². The Kier molecular flexibility index (Phi) is 5.98. The lowest BCUT2D eigenvalue weighted by Crippen LogP contribution is -2.32. The van der Waals surface area contributed by atoms with Gasteiger partial charge in [0.1, 0.15) is 16.4 Å². The number of hydrogen-bond acceptors (Lipinski definition) is 2. The molecular weight excluding hydrogens is 300 g/mol. The van der Waals surface area contributed by atoms with Gasteiger partial charge in [-0.05, 0) is 32.9 Å². The van der Waals surface area contributed by atoms with Gasteiger partial charge in [0.25, 0.3) is 0 Å². The molecule has 21 heavy (non-hydrogen) atoms. The van der Waals surface area contributed by atoms with Gasteiger partial charge in [-0.1, -0.05) is 23.4 Å². The van der Waals surface area contributed by atoms with Crippen LogP contribution in [0.3, 0.4) is 0 Å². The average molecular weight is 316 g/mol. The Morgan fingerprint density at radius 1 is 1.38 bits per heavy atom. The molecule has 1 aromatic carbocycles. The number of carbonyl (C=O) groups is 1. The SMILES string of the molecule is CC(C)(C)OC(=O)NCCC#Cc1ccc(F)c(Cl)c1F. The van der Waals surface area contributed by atoms with Gasteiger partial charge >= 0.3 is 6.09 Å². The van der Waals surface area contributed by atoms with Crippen molar-refractivity contribution in [3.05, 3.63) is 34.4 Å². The van der Waals surface area contributed by atoms with Gasteiger partial charge in [0.15, 0.2) is 5.82 Å². The van der Waals surface area contributed by atoms with Crippen molar-refractivity contribution < 1.29 is 18.3 Å². The summed E-state index contributed by atoms with van der Waals surface area (Å²) in [5, 5.41) is 1.94. The molecule has 1 aromatic rings. The van der Waals surface area contributed by atoms with Gasteiger partial charge < -0.3 is 10.1 Å². The lowest BCUT2D eigenvalue weighted by molar-refractivity contribution is 0.0529. The van der Waals surface area contributed by atoms with Gasteiger partial charge in [0.2, 0.25) is 0 Å². The lowest BCUT2D eigenvalue weighted by Gasteiger charge is -2.19. The maximum atomic E-state index is 13.5. The number of ether oxygens (including phenoxy) is 1. The van der Waals surface area contributed by atoms with Crippen molar-refractivity contribution in [2.24, 2.45) is 0 Å². The number of hydrogen-bond donors (Lipinski definition) is 1. The zero-order valence-electron chi connectivity index (χ0n) is 12.0. The number of benzene rings is 1. The number of amides is 1. The van der Waals surface area contributed by atoms with E-state index in [-0.39, 0.29) is 12.1 Å². The molecule has 0 radical (unpaired) electrons. The minimum Gasteiger partial charge on any atom is -0.444 e. The van der Waals surface area contributed by atoms with Crippen molar-refractivity contribution in [1.29, 1.82) is 0 Å². The van der Waals surface area contributed by atoms with Crippen LogP contribution in [-0.4, -0.2) is 18.2 Å². The predicted molar refractivity (Wildman–Crippen MR) is 77.1 cm³/mol. The Balaban J connectivity index is 2.48. The fraction of sp³-hybridized carbons (Fsp3) is 0.400. The number of alkyl carbamates (subject to hydrolysis) is 1. The number of rotatable bonds is 2. The zero-order valence-corrected chi connectivity index (χ0v) is 12.8. The van der Waals surface area contributed by atoms with Crippen molar-refractivity contribution in [3.8, 4) is 11.8 Å². The van der Waals surface area contributed by atoms with Crippen molar-refractivity contribution >= 4 is 17.7 Å². The van der Waals surface area contributed by atoms with E-state index in [1.54, 1.807) is 20.8 Å². The standard InChI is InChI=1S/C15H16ClF2NO2/c1-15(2,3)21-14(20)19-9-5-4-6-10-7-8-11(17)12(16)13(10)18/h7-8H,5,9H2,1-3H3,(H,19,20).